The van der Waals surface area contributed by atoms with Gasteiger partial charge in [-0.25, -0.2) is 0 Å². The molecular formula is C13H30N4Ti. The van der Waals surface area contributed by atoms with Gasteiger partial charge in [0.2, 0.25) is 0 Å². The van der Waals surface area contributed by atoms with E-state index in [0.717, 1.165) is 26.2 Å². The Labute approximate surface area is 122 Å². The number of rotatable bonds is 1. The maximum atomic E-state index is 3.55. The van der Waals surface area contributed by atoms with Crippen LogP contribution in [0.15, 0.2) is 0 Å². The van der Waals surface area contributed by atoms with Gasteiger partial charge in [-0.05, 0) is 0 Å². The molecule has 1 saturated heterocycles. The average molecular weight is 290 g/mol. The Hall–Kier alpha value is 0.554. The molecule has 1 rings (SSSR count). The van der Waals surface area contributed by atoms with Gasteiger partial charge >= 0.3 is 122 Å². The zero-order valence-corrected chi connectivity index (χ0v) is 13.5. The summed E-state index contributed by atoms with van der Waals surface area (Å²) in [6.45, 7) is 9.58. The third-order valence-corrected chi connectivity index (χ3v) is 4.98. The first kappa shape index (κ1) is 16.6. The van der Waals surface area contributed by atoms with Gasteiger partial charge in [-0.1, -0.05) is 0 Å². The Morgan fingerprint density at radius 2 is 1.06 bits per heavy atom. The standard InChI is InChI=1S/C12H27N4.CH3.Ti/c1-5-13-7-2-9-15-11-4-12-16-10-3-8-14-6-1;;/h13-15H,1-12H2;1H3;/q-1;;+1. The van der Waals surface area contributed by atoms with Gasteiger partial charge in [-0.3, -0.25) is 0 Å². The van der Waals surface area contributed by atoms with E-state index < -0.39 is 0 Å². The Morgan fingerprint density at radius 3 is 1.44 bits per heavy atom. The van der Waals surface area contributed by atoms with Crippen LogP contribution in [0.1, 0.15) is 25.7 Å². The minimum atomic E-state index is 0.140. The van der Waals surface area contributed by atoms with Crippen molar-refractivity contribution < 1.29 is 19.4 Å². The molecule has 106 valence electrons. The van der Waals surface area contributed by atoms with E-state index in [1.54, 1.807) is 0 Å². The normalized spacial score (nSPS) is 23.6. The molecule has 0 spiro atoms. The van der Waals surface area contributed by atoms with E-state index in [1.165, 1.54) is 51.9 Å². The summed E-state index contributed by atoms with van der Waals surface area (Å²) in [4.78, 5) is 0. The van der Waals surface area contributed by atoms with Crippen LogP contribution in [0.5, 0.6) is 0 Å². The van der Waals surface area contributed by atoms with Crippen LogP contribution in [0.25, 0.3) is 0 Å². The van der Waals surface area contributed by atoms with E-state index >= 15 is 0 Å². The number of hydrogen-bond acceptors (Lipinski definition) is 4. The first-order chi connectivity index (χ1) is 8.93. The van der Waals surface area contributed by atoms with Gasteiger partial charge in [-0.2, -0.15) is 0 Å². The van der Waals surface area contributed by atoms with Crippen molar-refractivity contribution in [2.75, 3.05) is 52.4 Å². The van der Waals surface area contributed by atoms with Gasteiger partial charge in [0.1, 0.15) is 0 Å². The Bertz CT molecular complexity index is 164. The predicted octanol–water partition coefficient (Wildman–Crippen LogP) is 0.677. The maximum absolute atomic E-state index is 3.55. The number of nitrogens with one attached hydrogen (secondary N) is 3. The molecule has 0 aromatic rings. The molecule has 0 aliphatic carbocycles. The summed E-state index contributed by atoms with van der Waals surface area (Å²) in [5.41, 5.74) is 0. The second kappa shape index (κ2) is 12.6. The summed E-state index contributed by atoms with van der Waals surface area (Å²) in [6.07, 6.45) is 5.11. The van der Waals surface area contributed by atoms with Crippen LogP contribution in [0.3, 0.4) is 0 Å². The van der Waals surface area contributed by atoms with Gasteiger partial charge in [-0.15, -0.1) is 0 Å². The third-order valence-electron chi connectivity index (χ3n) is 3.29. The second-order valence-corrected chi connectivity index (χ2v) is 6.56. The van der Waals surface area contributed by atoms with Crippen molar-refractivity contribution in [3.05, 3.63) is 0 Å². The Balaban J connectivity index is 2.15. The van der Waals surface area contributed by atoms with Crippen molar-refractivity contribution in [3.8, 4) is 0 Å². The van der Waals surface area contributed by atoms with Crippen LogP contribution in [0, 0.1) is 0 Å². The molecule has 1 fully saturated rings. The summed E-state index contributed by atoms with van der Waals surface area (Å²) < 4.78 is 2.69. The Morgan fingerprint density at radius 1 is 0.667 bits per heavy atom. The zero-order valence-electron chi connectivity index (χ0n) is 11.9. The van der Waals surface area contributed by atoms with Crippen LogP contribution < -0.4 is 16.0 Å². The van der Waals surface area contributed by atoms with Gasteiger partial charge in [0.05, 0.1) is 0 Å². The number of nitrogens with zero attached hydrogens (tertiary/aromatic N) is 1. The third kappa shape index (κ3) is 9.48. The van der Waals surface area contributed by atoms with E-state index in [-0.39, 0.29) is 19.4 Å². The molecule has 0 unspecified atom stereocenters. The van der Waals surface area contributed by atoms with Crippen molar-refractivity contribution in [1.29, 1.82) is 0 Å². The fraction of sp³-hybridized carbons (Fsp3) is 1.00. The zero-order chi connectivity index (χ0) is 12.9. The van der Waals surface area contributed by atoms with E-state index in [0.29, 0.717) is 0 Å². The molecule has 0 atom stereocenters. The summed E-state index contributed by atoms with van der Waals surface area (Å²) in [6, 6.07) is 0. The first-order valence-electron chi connectivity index (χ1n) is 7.48. The fourth-order valence-electron chi connectivity index (χ4n) is 2.18. The molecule has 18 heavy (non-hydrogen) atoms. The van der Waals surface area contributed by atoms with Crippen LogP contribution >= 0.6 is 0 Å². The van der Waals surface area contributed by atoms with E-state index in [2.05, 4.69) is 24.6 Å². The molecular weight excluding hydrogens is 260 g/mol. The van der Waals surface area contributed by atoms with E-state index in [1.807, 2.05) is 0 Å². The average Bonchev–Trinajstić information content (AvgIpc) is 2.39. The molecule has 0 amide bonds. The molecule has 1 aliphatic rings. The molecule has 4 nitrogen and oxygen atoms in total. The van der Waals surface area contributed by atoms with Crippen molar-refractivity contribution in [2.45, 2.75) is 30.9 Å². The monoisotopic (exact) mass is 290 g/mol. The van der Waals surface area contributed by atoms with Gasteiger partial charge < -0.3 is 0 Å². The molecule has 1 aliphatic heterocycles. The quantitative estimate of drug-likeness (QED) is 0.621. The molecule has 1 heterocycles. The second-order valence-electron chi connectivity index (χ2n) is 4.87. The van der Waals surface area contributed by atoms with Crippen molar-refractivity contribution in [3.63, 3.8) is 0 Å². The minimum absolute atomic E-state index is 0.140. The molecule has 0 saturated carbocycles. The number of hydrogen-bond donors (Lipinski definition) is 3. The molecule has 0 aromatic carbocycles. The summed E-state index contributed by atoms with van der Waals surface area (Å²) in [5.74, 6) is 0. The predicted molar refractivity (Wildman–Crippen MR) is 74.5 cm³/mol. The summed E-state index contributed by atoms with van der Waals surface area (Å²) >= 11 is 0.140. The van der Waals surface area contributed by atoms with Crippen LogP contribution in [-0.2, 0) is 19.4 Å². The van der Waals surface area contributed by atoms with Crippen LogP contribution in [0.2, 0.25) is 5.23 Å². The van der Waals surface area contributed by atoms with Crippen LogP contribution in [-0.4, -0.2) is 55.7 Å². The van der Waals surface area contributed by atoms with E-state index in [4.69, 9.17) is 0 Å². The fourth-order valence-corrected chi connectivity index (χ4v) is 3.37. The summed E-state index contributed by atoms with van der Waals surface area (Å²) in [5, 5.41) is 13.0. The van der Waals surface area contributed by atoms with Crippen molar-refractivity contribution >= 4 is 0 Å². The van der Waals surface area contributed by atoms with Crippen molar-refractivity contribution in [1.82, 2.24) is 19.3 Å². The molecule has 0 radical (unpaired) electrons. The van der Waals surface area contributed by atoms with Crippen molar-refractivity contribution in [2.24, 2.45) is 0 Å². The SMILES string of the molecule is [CH3][Ti][N]1CCCNCCCNCCCNCCC1. The first-order valence-corrected chi connectivity index (χ1v) is 9.74. The molecule has 3 N–H and O–H groups in total. The Kier molecular flexibility index (Phi) is 11.6. The van der Waals surface area contributed by atoms with Gasteiger partial charge in [0, 0.05) is 0 Å². The van der Waals surface area contributed by atoms with Gasteiger partial charge in [0.25, 0.3) is 0 Å². The molecule has 0 aromatic heterocycles. The molecule has 5 heteroatoms. The topological polar surface area (TPSA) is 39.3 Å². The van der Waals surface area contributed by atoms with Crippen LogP contribution in [0.4, 0.5) is 0 Å². The van der Waals surface area contributed by atoms with Gasteiger partial charge in [0.15, 0.2) is 0 Å². The summed E-state index contributed by atoms with van der Waals surface area (Å²) in [7, 11) is 0. The van der Waals surface area contributed by atoms with E-state index in [9.17, 15) is 0 Å². The molecule has 0 bridgehead atoms.